The molecule has 1 aliphatic rings. The molecule has 1 fully saturated rings. The molecule has 168 valence electrons. The van der Waals surface area contributed by atoms with Crippen LogP contribution in [0.15, 0.2) is 60.8 Å². The number of nitrogens with one attached hydrogen (secondary N) is 1. The van der Waals surface area contributed by atoms with Crippen molar-refractivity contribution in [2.45, 2.75) is 12.5 Å². The predicted molar refractivity (Wildman–Crippen MR) is 124 cm³/mol. The number of hydrogen-bond acceptors (Lipinski definition) is 5. The van der Waals surface area contributed by atoms with Crippen molar-refractivity contribution < 1.29 is 17.6 Å². The van der Waals surface area contributed by atoms with E-state index in [-0.39, 0.29) is 17.4 Å². The van der Waals surface area contributed by atoms with Crippen LogP contribution < -0.4 is 5.32 Å². The average molecular weight is 485 g/mol. The smallest absolute Gasteiger partial charge is 0.251 e. The van der Waals surface area contributed by atoms with Crippen LogP contribution in [-0.4, -0.2) is 46.6 Å². The van der Waals surface area contributed by atoms with Gasteiger partial charge in [-0.3, -0.25) is 4.79 Å². The molecule has 33 heavy (non-hydrogen) atoms. The second-order valence-corrected chi connectivity index (χ2v) is 10.5. The molecule has 1 amide bonds. The molecule has 0 bridgehead atoms. The Morgan fingerprint density at radius 3 is 2.67 bits per heavy atom. The van der Waals surface area contributed by atoms with Gasteiger partial charge >= 0.3 is 0 Å². The summed E-state index contributed by atoms with van der Waals surface area (Å²) in [7, 11) is -3.12. The lowest BCUT2D eigenvalue weighted by Gasteiger charge is -2.11. The summed E-state index contributed by atoms with van der Waals surface area (Å²) in [6.07, 6.45) is 1.49. The zero-order valence-electron chi connectivity index (χ0n) is 17.2. The molecule has 3 heterocycles. The number of rotatable bonds is 4. The Balaban J connectivity index is 1.60. The van der Waals surface area contributed by atoms with Crippen LogP contribution in [0.5, 0.6) is 0 Å². The molecule has 0 saturated carbocycles. The quantitative estimate of drug-likeness (QED) is 0.475. The molecule has 2 aromatic heterocycles. The van der Waals surface area contributed by atoms with E-state index < -0.39 is 21.7 Å². The van der Waals surface area contributed by atoms with E-state index in [9.17, 15) is 17.6 Å². The van der Waals surface area contributed by atoms with Gasteiger partial charge in [-0.1, -0.05) is 29.8 Å². The van der Waals surface area contributed by atoms with Gasteiger partial charge in [0, 0.05) is 22.6 Å². The highest BCUT2D eigenvalue weighted by molar-refractivity contribution is 7.91. The van der Waals surface area contributed by atoms with Gasteiger partial charge in [-0.15, -0.1) is 0 Å². The van der Waals surface area contributed by atoms with Gasteiger partial charge in [-0.25, -0.2) is 22.5 Å². The zero-order chi connectivity index (χ0) is 23.2. The minimum absolute atomic E-state index is 0.0604. The van der Waals surface area contributed by atoms with Crippen LogP contribution in [0, 0.1) is 5.82 Å². The van der Waals surface area contributed by atoms with Gasteiger partial charge in [0.05, 0.1) is 28.2 Å². The van der Waals surface area contributed by atoms with Crippen molar-refractivity contribution in [2.75, 3.05) is 11.5 Å². The minimum atomic E-state index is -3.12. The lowest BCUT2D eigenvalue weighted by Crippen LogP contribution is -2.35. The minimum Gasteiger partial charge on any atom is -0.348 e. The largest absolute Gasteiger partial charge is 0.348 e. The molecule has 5 rings (SSSR count). The monoisotopic (exact) mass is 484 g/mol. The van der Waals surface area contributed by atoms with Crippen molar-refractivity contribution in [1.29, 1.82) is 0 Å². The maximum Gasteiger partial charge on any atom is 0.251 e. The van der Waals surface area contributed by atoms with E-state index in [0.29, 0.717) is 39.6 Å². The normalized spacial score (nSPS) is 17.3. The fourth-order valence-corrected chi connectivity index (χ4v) is 5.85. The third-order valence-electron chi connectivity index (χ3n) is 5.57. The number of carbonyl (C=O) groups excluding carboxylic acids is 1. The third-order valence-corrected chi connectivity index (χ3v) is 7.67. The maximum absolute atomic E-state index is 13.5. The molecular weight excluding hydrogens is 467 g/mol. The zero-order valence-corrected chi connectivity index (χ0v) is 18.8. The van der Waals surface area contributed by atoms with E-state index in [1.807, 2.05) is 18.2 Å². The number of amides is 1. The van der Waals surface area contributed by atoms with E-state index in [0.717, 1.165) is 11.6 Å². The van der Waals surface area contributed by atoms with Crippen LogP contribution >= 0.6 is 11.6 Å². The summed E-state index contributed by atoms with van der Waals surface area (Å²) in [6, 6.07) is 14.7. The van der Waals surface area contributed by atoms with Crippen LogP contribution in [0.3, 0.4) is 0 Å². The number of halogens is 2. The molecule has 0 aliphatic carbocycles. The van der Waals surface area contributed by atoms with Crippen molar-refractivity contribution >= 4 is 38.2 Å². The molecular formula is C23H18ClFN4O3S. The third kappa shape index (κ3) is 4.21. The maximum atomic E-state index is 13.5. The van der Waals surface area contributed by atoms with E-state index in [4.69, 9.17) is 11.6 Å². The summed E-state index contributed by atoms with van der Waals surface area (Å²) >= 11 is 6.41. The fraction of sp³-hybridized carbons (Fsp3) is 0.174. The number of aromatic nitrogens is 3. The molecule has 1 atom stereocenters. The Morgan fingerprint density at radius 1 is 1.15 bits per heavy atom. The first-order valence-electron chi connectivity index (χ1n) is 10.2. The van der Waals surface area contributed by atoms with Crippen LogP contribution in [-0.2, 0) is 9.84 Å². The van der Waals surface area contributed by atoms with Crippen molar-refractivity contribution in [3.05, 3.63) is 77.2 Å². The second kappa shape index (κ2) is 8.24. The highest BCUT2D eigenvalue weighted by Crippen LogP contribution is 2.34. The number of benzene rings is 2. The Labute approximate surface area is 194 Å². The van der Waals surface area contributed by atoms with Crippen molar-refractivity contribution in [3.8, 4) is 17.1 Å². The van der Waals surface area contributed by atoms with Gasteiger partial charge in [0.1, 0.15) is 11.5 Å². The van der Waals surface area contributed by atoms with Crippen LogP contribution in [0.2, 0.25) is 5.02 Å². The highest BCUT2D eigenvalue weighted by Gasteiger charge is 2.29. The van der Waals surface area contributed by atoms with Crippen LogP contribution in [0.4, 0.5) is 4.39 Å². The standard InChI is InChI=1S/C23H18ClFN4O3S/c24-19-4-2-1-3-17(19)22-18-7-5-14(23(30)27-16-9-10-33(31,32)13-16)11-20(18)29(28-22)21-8-6-15(25)12-26-21/h1-8,11-12,16H,9-10,13H2,(H,27,30). The molecule has 1 saturated heterocycles. The lowest BCUT2D eigenvalue weighted by molar-refractivity contribution is 0.0941. The van der Waals surface area contributed by atoms with Crippen molar-refractivity contribution in [2.24, 2.45) is 0 Å². The molecule has 4 aromatic rings. The predicted octanol–water partition coefficient (Wildman–Crippen LogP) is 3.80. The molecule has 1 aliphatic heterocycles. The Bertz CT molecular complexity index is 1490. The van der Waals surface area contributed by atoms with Gasteiger partial charge in [-0.05, 0) is 42.8 Å². The fourth-order valence-electron chi connectivity index (χ4n) is 3.95. The summed E-state index contributed by atoms with van der Waals surface area (Å²) in [5.74, 6) is -0.471. The summed E-state index contributed by atoms with van der Waals surface area (Å²) in [6.45, 7) is 0. The number of fused-ring (bicyclic) bond motifs is 1. The van der Waals surface area contributed by atoms with Crippen molar-refractivity contribution in [3.63, 3.8) is 0 Å². The number of hydrogen-bond donors (Lipinski definition) is 1. The number of nitrogens with zero attached hydrogens (tertiary/aromatic N) is 3. The van der Waals surface area contributed by atoms with Crippen LogP contribution in [0.1, 0.15) is 16.8 Å². The molecule has 0 radical (unpaired) electrons. The Hall–Kier alpha value is -3.30. The number of sulfone groups is 1. The lowest BCUT2D eigenvalue weighted by atomic mass is 10.1. The van der Waals surface area contributed by atoms with E-state index in [1.54, 1.807) is 24.3 Å². The van der Waals surface area contributed by atoms with Crippen LogP contribution in [0.25, 0.3) is 28.0 Å². The molecule has 0 spiro atoms. The van der Waals surface area contributed by atoms with E-state index in [1.165, 1.54) is 16.8 Å². The molecule has 1 N–H and O–H groups in total. The highest BCUT2D eigenvalue weighted by atomic mass is 35.5. The Kier molecular flexibility index (Phi) is 5.38. The topological polar surface area (TPSA) is 94.0 Å². The summed E-state index contributed by atoms with van der Waals surface area (Å²) < 4.78 is 38.4. The SMILES string of the molecule is O=C(NC1CCS(=O)(=O)C1)c1ccc2c(-c3ccccc3Cl)nn(-c3ccc(F)cn3)c2c1. The summed E-state index contributed by atoms with van der Waals surface area (Å²) in [5.41, 5.74) is 2.23. The van der Waals surface area contributed by atoms with Gasteiger partial charge < -0.3 is 5.32 Å². The summed E-state index contributed by atoms with van der Waals surface area (Å²) in [5, 5.41) is 8.72. The van der Waals surface area contributed by atoms with E-state index in [2.05, 4.69) is 15.4 Å². The molecule has 10 heteroatoms. The van der Waals surface area contributed by atoms with Gasteiger partial charge in [-0.2, -0.15) is 5.10 Å². The Morgan fingerprint density at radius 2 is 1.97 bits per heavy atom. The number of carbonyl (C=O) groups is 1. The average Bonchev–Trinajstić information content (AvgIpc) is 3.33. The summed E-state index contributed by atoms with van der Waals surface area (Å²) in [4.78, 5) is 17.0. The first-order chi connectivity index (χ1) is 15.8. The van der Waals surface area contributed by atoms with Gasteiger partial charge in [0.25, 0.3) is 5.91 Å². The first-order valence-corrected chi connectivity index (χ1v) is 12.4. The first kappa shape index (κ1) is 21.5. The molecule has 1 unspecified atom stereocenters. The second-order valence-electron chi connectivity index (χ2n) is 7.88. The number of pyridine rings is 1. The van der Waals surface area contributed by atoms with Gasteiger partial charge in [0.2, 0.25) is 0 Å². The molecule has 7 nitrogen and oxygen atoms in total. The molecule has 2 aromatic carbocycles. The van der Waals surface area contributed by atoms with E-state index >= 15 is 0 Å². The van der Waals surface area contributed by atoms with Crippen molar-refractivity contribution in [1.82, 2.24) is 20.1 Å². The van der Waals surface area contributed by atoms with Gasteiger partial charge in [0.15, 0.2) is 15.7 Å².